The van der Waals surface area contributed by atoms with Gasteiger partial charge in [0.1, 0.15) is 11.5 Å². The van der Waals surface area contributed by atoms with Crippen LogP contribution in [0, 0.1) is 5.92 Å². The first kappa shape index (κ1) is 16.3. The van der Waals surface area contributed by atoms with Gasteiger partial charge in [-0.3, -0.25) is 4.90 Å². The maximum absolute atomic E-state index is 5.89. The maximum Gasteiger partial charge on any atom is 0.118 e. The Morgan fingerprint density at radius 2 is 1.84 bits per heavy atom. The molecule has 0 aliphatic heterocycles. The summed E-state index contributed by atoms with van der Waals surface area (Å²) in [6.45, 7) is 17.1. The second-order valence-corrected chi connectivity index (χ2v) is 6.69. The zero-order valence-corrected chi connectivity index (χ0v) is 13.4. The molecule has 0 radical (unpaired) electrons. The van der Waals surface area contributed by atoms with E-state index >= 15 is 0 Å². The van der Waals surface area contributed by atoms with E-state index in [-0.39, 0.29) is 5.54 Å². The zero-order chi connectivity index (χ0) is 14.5. The van der Waals surface area contributed by atoms with Crippen LogP contribution in [0.1, 0.15) is 53.1 Å². The van der Waals surface area contributed by atoms with E-state index in [1.165, 1.54) is 0 Å². The van der Waals surface area contributed by atoms with Crippen molar-refractivity contribution >= 4 is 0 Å². The lowest BCUT2D eigenvalue weighted by molar-refractivity contribution is 0.226. The molecule has 0 unspecified atom stereocenters. The molecular weight excluding hydrogens is 236 g/mol. The topological polar surface area (TPSA) is 28.4 Å². The van der Waals surface area contributed by atoms with Gasteiger partial charge in [-0.15, -0.1) is 0 Å². The minimum Gasteiger partial charge on any atom is -0.463 e. The zero-order valence-electron chi connectivity index (χ0n) is 13.4. The molecule has 0 aromatic carbocycles. The van der Waals surface area contributed by atoms with Gasteiger partial charge < -0.3 is 9.73 Å². The molecule has 1 rings (SSSR count). The molecule has 1 aromatic heterocycles. The molecule has 19 heavy (non-hydrogen) atoms. The third-order valence-corrected chi connectivity index (χ3v) is 2.96. The number of hydrogen-bond donors (Lipinski definition) is 1. The fourth-order valence-corrected chi connectivity index (χ4v) is 2.00. The second-order valence-electron chi connectivity index (χ2n) is 6.69. The Morgan fingerprint density at radius 1 is 1.21 bits per heavy atom. The monoisotopic (exact) mass is 266 g/mol. The molecular formula is C16H30N2O. The van der Waals surface area contributed by atoms with Crippen LogP contribution in [0.2, 0.25) is 0 Å². The van der Waals surface area contributed by atoms with Crippen LogP contribution in [0.4, 0.5) is 0 Å². The van der Waals surface area contributed by atoms with Gasteiger partial charge in [0.2, 0.25) is 0 Å². The van der Waals surface area contributed by atoms with Gasteiger partial charge in [-0.25, -0.2) is 0 Å². The molecule has 0 fully saturated rings. The van der Waals surface area contributed by atoms with Crippen LogP contribution in [0.5, 0.6) is 0 Å². The quantitative estimate of drug-likeness (QED) is 0.816. The lowest BCUT2D eigenvalue weighted by Crippen LogP contribution is -2.34. The van der Waals surface area contributed by atoms with Gasteiger partial charge in [-0.1, -0.05) is 20.8 Å². The van der Waals surface area contributed by atoms with E-state index in [2.05, 4.69) is 63.9 Å². The summed E-state index contributed by atoms with van der Waals surface area (Å²) >= 11 is 0. The van der Waals surface area contributed by atoms with Crippen LogP contribution < -0.4 is 5.32 Å². The third kappa shape index (κ3) is 6.79. The molecule has 0 aliphatic rings. The molecule has 0 aliphatic carbocycles. The number of hydrogen-bond acceptors (Lipinski definition) is 3. The molecule has 0 saturated carbocycles. The molecule has 0 bridgehead atoms. The lowest BCUT2D eigenvalue weighted by Gasteiger charge is -2.21. The van der Waals surface area contributed by atoms with Crippen LogP contribution in [0.15, 0.2) is 16.5 Å². The SMILES string of the molecule is CCN(Cc1ccc(CNC(C)(C)C)o1)CC(C)C. The van der Waals surface area contributed by atoms with Crippen LogP contribution in [0.25, 0.3) is 0 Å². The minimum absolute atomic E-state index is 0.125. The Labute approximate surface area is 118 Å². The van der Waals surface area contributed by atoms with E-state index in [1.54, 1.807) is 0 Å². The Hall–Kier alpha value is -0.800. The van der Waals surface area contributed by atoms with Crippen molar-refractivity contribution in [1.82, 2.24) is 10.2 Å². The highest BCUT2D eigenvalue weighted by Crippen LogP contribution is 2.13. The highest BCUT2D eigenvalue weighted by Gasteiger charge is 2.12. The van der Waals surface area contributed by atoms with Gasteiger partial charge in [0, 0.05) is 12.1 Å². The van der Waals surface area contributed by atoms with Gasteiger partial charge in [0.25, 0.3) is 0 Å². The third-order valence-electron chi connectivity index (χ3n) is 2.96. The maximum atomic E-state index is 5.89. The second kappa shape index (κ2) is 7.11. The van der Waals surface area contributed by atoms with Gasteiger partial charge in [-0.2, -0.15) is 0 Å². The molecule has 1 N–H and O–H groups in total. The van der Waals surface area contributed by atoms with Crippen molar-refractivity contribution in [3.8, 4) is 0 Å². The van der Waals surface area contributed by atoms with Gasteiger partial charge in [0.15, 0.2) is 0 Å². The molecule has 0 saturated heterocycles. The predicted molar refractivity (Wildman–Crippen MR) is 81.1 cm³/mol. The van der Waals surface area contributed by atoms with Gasteiger partial charge in [-0.05, 0) is 45.4 Å². The number of nitrogens with zero attached hydrogens (tertiary/aromatic N) is 1. The van der Waals surface area contributed by atoms with Gasteiger partial charge >= 0.3 is 0 Å². The van der Waals surface area contributed by atoms with Crippen molar-refractivity contribution < 1.29 is 4.42 Å². The van der Waals surface area contributed by atoms with Crippen molar-refractivity contribution in [2.24, 2.45) is 5.92 Å². The van der Waals surface area contributed by atoms with E-state index in [4.69, 9.17) is 4.42 Å². The summed E-state index contributed by atoms with van der Waals surface area (Å²) in [6.07, 6.45) is 0. The van der Waals surface area contributed by atoms with Crippen LogP contribution in [-0.4, -0.2) is 23.5 Å². The van der Waals surface area contributed by atoms with Gasteiger partial charge in [0.05, 0.1) is 13.1 Å². The summed E-state index contributed by atoms with van der Waals surface area (Å²) in [5, 5.41) is 3.44. The van der Waals surface area contributed by atoms with Crippen molar-refractivity contribution in [3.05, 3.63) is 23.7 Å². The summed E-state index contributed by atoms with van der Waals surface area (Å²) in [5.74, 6) is 2.77. The molecule has 3 nitrogen and oxygen atoms in total. The Bertz CT molecular complexity index is 363. The van der Waals surface area contributed by atoms with Crippen molar-refractivity contribution in [2.45, 2.75) is 60.2 Å². The van der Waals surface area contributed by atoms with E-state index < -0.39 is 0 Å². The Balaban J connectivity index is 2.49. The van der Waals surface area contributed by atoms with Crippen molar-refractivity contribution in [2.75, 3.05) is 13.1 Å². The molecule has 110 valence electrons. The van der Waals surface area contributed by atoms with Crippen LogP contribution in [-0.2, 0) is 13.1 Å². The summed E-state index contributed by atoms with van der Waals surface area (Å²) in [7, 11) is 0. The van der Waals surface area contributed by atoms with Crippen molar-refractivity contribution in [3.63, 3.8) is 0 Å². The first-order valence-electron chi connectivity index (χ1n) is 7.35. The Morgan fingerprint density at radius 3 is 2.37 bits per heavy atom. The first-order valence-corrected chi connectivity index (χ1v) is 7.35. The summed E-state index contributed by atoms with van der Waals surface area (Å²) in [4.78, 5) is 2.42. The first-order chi connectivity index (χ1) is 8.80. The fourth-order valence-electron chi connectivity index (χ4n) is 2.00. The normalized spacial score (nSPS) is 12.6. The molecule has 0 amide bonds. The summed E-state index contributed by atoms with van der Waals surface area (Å²) in [5.41, 5.74) is 0.125. The lowest BCUT2D eigenvalue weighted by atomic mass is 10.1. The van der Waals surface area contributed by atoms with Crippen LogP contribution in [0.3, 0.4) is 0 Å². The molecule has 1 aromatic rings. The summed E-state index contributed by atoms with van der Waals surface area (Å²) < 4.78 is 5.89. The average molecular weight is 266 g/mol. The summed E-state index contributed by atoms with van der Waals surface area (Å²) in [6, 6.07) is 4.18. The molecule has 1 heterocycles. The standard InChI is InChI=1S/C16H30N2O/c1-7-18(11-13(2)3)12-15-9-8-14(19-15)10-17-16(4,5)6/h8-9,13,17H,7,10-12H2,1-6H3. The fraction of sp³-hybridized carbons (Fsp3) is 0.750. The van der Waals surface area contributed by atoms with E-state index in [0.717, 1.165) is 37.7 Å². The van der Waals surface area contributed by atoms with Crippen molar-refractivity contribution in [1.29, 1.82) is 0 Å². The van der Waals surface area contributed by atoms with E-state index in [1.807, 2.05) is 0 Å². The highest BCUT2D eigenvalue weighted by atomic mass is 16.3. The minimum atomic E-state index is 0.125. The van der Waals surface area contributed by atoms with E-state index in [0.29, 0.717) is 5.92 Å². The average Bonchev–Trinajstić information content (AvgIpc) is 2.72. The Kier molecular flexibility index (Phi) is 6.08. The number of rotatable bonds is 7. The van der Waals surface area contributed by atoms with Crippen LogP contribution >= 0.6 is 0 Å². The molecule has 0 spiro atoms. The highest BCUT2D eigenvalue weighted by molar-refractivity contribution is 5.07. The molecule has 3 heteroatoms. The van der Waals surface area contributed by atoms with E-state index in [9.17, 15) is 0 Å². The predicted octanol–water partition coefficient (Wildman–Crippen LogP) is 3.65. The largest absolute Gasteiger partial charge is 0.463 e. The smallest absolute Gasteiger partial charge is 0.118 e. The number of furan rings is 1. The molecule has 0 atom stereocenters. The number of nitrogens with one attached hydrogen (secondary N) is 1.